The molecule has 1 fully saturated rings. The Bertz CT molecular complexity index is 1060. The number of piperazine rings is 1. The molecule has 1 saturated heterocycles. The molecule has 0 saturated carbocycles. The number of amides is 1. The summed E-state index contributed by atoms with van der Waals surface area (Å²) in [5.74, 6) is 2.72. The number of hydrogen-bond acceptors (Lipinski definition) is 6. The average Bonchev–Trinajstić information content (AvgIpc) is 2.77. The van der Waals surface area contributed by atoms with Gasteiger partial charge in [0.05, 0.1) is 12.6 Å². The first kappa shape index (κ1) is 19.9. The molecule has 1 N–H and O–H groups in total. The fourth-order valence-electron chi connectivity index (χ4n) is 3.87. The summed E-state index contributed by atoms with van der Waals surface area (Å²) in [6, 6.07) is 12.1. The number of aromatic nitrogens is 2. The van der Waals surface area contributed by atoms with Gasteiger partial charge in [0.2, 0.25) is 5.91 Å². The molecule has 3 aromatic rings. The van der Waals surface area contributed by atoms with E-state index in [1.54, 1.807) is 14.0 Å². The maximum atomic E-state index is 11.6. The SMILES string of the molecule is COc1ccc2c(C)cc(NCc3cccnc3N3CCN(C(C)=O)CC3)nc2c1. The minimum atomic E-state index is 0.131. The van der Waals surface area contributed by atoms with Gasteiger partial charge in [0, 0.05) is 62.9 Å². The number of anilines is 2. The number of pyridine rings is 2. The third-order valence-corrected chi connectivity index (χ3v) is 5.58. The van der Waals surface area contributed by atoms with Crippen LogP contribution in [0.15, 0.2) is 42.6 Å². The van der Waals surface area contributed by atoms with Crippen molar-refractivity contribution >= 4 is 28.4 Å². The molecule has 0 aliphatic carbocycles. The topological polar surface area (TPSA) is 70.6 Å². The maximum absolute atomic E-state index is 11.6. The highest BCUT2D eigenvalue weighted by molar-refractivity contribution is 5.85. The largest absolute Gasteiger partial charge is 0.497 e. The van der Waals surface area contributed by atoms with E-state index in [9.17, 15) is 4.79 Å². The van der Waals surface area contributed by atoms with E-state index in [4.69, 9.17) is 9.72 Å². The predicted molar refractivity (Wildman–Crippen MR) is 119 cm³/mol. The summed E-state index contributed by atoms with van der Waals surface area (Å²) in [4.78, 5) is 25.1. The van der Waals surface area contributed by atoms with Gasteiger partial charge >= 0.3 is 0 Å². The Labute approximate surface area is 176 Å². The van der Waals surface area contributed by atoms with E-state index in [2.05, 4.69) is 34.3 Å². The number of ether oxygens (including phenoxy) is 1. The summed E-state index contributed by atoms with van der Waals surface area (Å²) in [6.45, 7) is 7.37. The lowest BCUT2D eigenvalue weighted by Crippen LogP contribution is -2.48. The summed E-state index contributed by atoms with van der Waals surface area (Å²) in [5.41, 5.74) is 3.18. The Morgan fingerprint density at radius 2 is 1.97 bits per heavy atom. The molecule has 1 amide bonds. The van der Waals surface area contributed by atoms with Crippen molar-refractivity contribution in [3.63, 3.8) is 0 Å². The zero-order valence-corrected chi connectivity index (χ0v) is 17.7. The molecule has 3 heterocycles. The molecule has 30 heavy (non-hydrogen) atoms. The fourth-order valence-corrected chi connectivity index (χ4v) is 3.87. The van der Waals surface area contributed by atoms with Crippen LogP contribution in [0.3, 0.4) is 0 Å². The molecule has 7 nitrogen and oxygen atoms in total. The number of carbonyl (C=O) groups is 1. The van der Waals surface area contributed by atoms with Crippen molar-refractivity contribution in [3.05, 3.63) is 53.7 Å². The van der Waals surface area contributed by atoms with Crippen molar-refractivity contribution in [1.82, 2.24) is 14.9 Å². The molecule has 0 bridgehead atoms. The molecule has 0 atom stereocenters. The number of carbonyl (C=O) groups excluding carboxylic acids is 1. The van der Waals surface area contributed by atoms with Crippen LogP contribution in [0.2, 0.25) is 0 Å². The lowest BCUT2D eigenvalue weighted by molar-refractivity contribution is -0.129. The van der Waals surface area contributed by atoms with Gasteiger partial charge < -0.3 is 19.9 Å². The molecule has 0 radical (unpaired) electrons. The number of fused-ring (bicyclic) bond motifs is 1. The van der Waals surface area contributed by atoms with Gasteiger partial charge in [-0.3, -0.25) is 4.79 Å². The van der Waals surface area contributed by atoms with Crippen molar-refractivity contribution in [2.24, 2.45) is 0 Å². The molecule has 156 valence electrons. The van der Waals surface area contributed by atoms with E-state index < -0.39 is 0 Å². The first-order valence-corrected chi connectivity index (χ1v) is 10.2. The highest BCUT2D eigenvalue weighted by Gasteiger charge is 2.21. The number of aryl methyl sites for hydroxylation is 1. The van der Waals surface area contributed by atoms with Gasteiger partial charge in [0.25, 0.3) is 0 Å². The van der Waals surface area contributed by atoms with Gasteiger partial charge in [-0.25, -0.2) is 9.97 Å². The van der Waals surface area contributed by atoms with Gasteiger partial charge in [0.15, 0.2) is 0 Å². The normalized spacial score (nSPS) is 14.1. The van der Waals surface area contributed by atoms with Crippen LogP contribution < -0.4 is 15.0 Å². The standard InChI is InChI=1S/C23H27N5O2/c1-16-13-22(26-21-14-19(30-3)6-7-20(16)21)25-15-18-5-4-8-24-23(18)28-11-9-27(10-12-28)17(2)29/h4-8,13-14H,9-12,15H2,1-3H3,(H,25,26). The molecule has 1 aromatic carbocycles. The van der Waals surface area contributed by atoms with E-state index in [0.717, 1.165) is 65.6 Å². The minimum absolute atomic E-state index is 0.131. The Kier molecular flexibility index (Phi) is 5.70. The van der Waals surface area contributed by atoms with Crippen LogP contribution in [-0.4, -0.2) is 54.1 Å². The van der Waals surface area contributed by atoms with E-state index in [0.29, 0.717) is 6.54 Å². The smallest absolute Gasteiger partial charge is 0.219 e. The summed E-state index contributed by atoms with van der Waals surface area (Å²) in [5, 5.41) is 4.57. The first-order chi connectivity index (χ1) is 14.5. The van der Waals surface area contributed by atoms with E-state index >= 15 is 0 Å². The molecule has 0 unspecified atom stereocenters. The summed E-state index contributed by atoms with van der Waals surface area (Å²) in [7, 11) is 1.66. The van der Waals surface area contributed by atoms with Gasteiger partial charge in [-0.1, -0.05) is 6.07 Å². The first-order valence-electron chi connectivity index (χ1n) is 10.2. The highest BCUT2D eigenvalue weighted by atomic mass is 16.5. The van der Waals surface area contributed by atoms with Gasteiger partial charge in [0.1, 0.15) is 17.4 Å². The molecule has 4 rings (SSSR count). The lowest BCUT2D eigenvalue weighted by atomic mass is 10.1. The number of hydrogen-bond donors (Lipinski definition) is 1. The summed E-state index contributed by atoms with van der Waals surface area (Å²) >= 11 is 0. The Morgan fingerprint density at radius 3 is 2.70 bits per heavy atom. The molecule has 1 aliphatic heterocycles. The van der Waals surface area contributed by atoms with Crippen LogP contribution >= 0.6 is 0 Å². The number of benzene rings is 1. The van der Waals surface area contributed by atoms with Crippen molar-refractivity contribution < 1.29 is 9.53 Å². The summed E-state index contributed by atoms with van der Waals surface area (Å²) in [6.07, 6.45) is 1.82. The van der Waals surface area contributed by atoms with Crippen molar-refractivity contribution in [2.45, 2.75) is 20.4 Å². The molecular formula is C23H27N5O2. The second kappa shape index (κ2) is 8.57. The number of nitrogens with one attached hydrogen (secondary N) is 1. The van der Waals surface area contributed by atoms with Crippen LogP contribution in [0.5, 0.6) is 5.75 Å². The number of methoxy groups -OCH3 is 1. The van der Waals surface area contributed by atoms with Gasteiger partial charge in [-0.2, -0.15) is 0 Å². The Hall–Kier alpha value is -3.35. The van der Waals surface area contributed by atoms with Crippen LogP contribution in [0.25, 0.3) is 10.9 Å². The van der Waals surface area contributed by atoms with E-state index in [-0.39, 0.29) is 5.91 Å². The average molecular weight is 406 g/mol. The second-order valence-corrected chi connectivity index (χ2v) is 7.54. The predicted octanol–water partition coefficient (Wildman–Crippen LogP) is 3.23. The number of rotatable bonds is 5. The Balaban J connectivity index is 1.51. The van der Waals surface area contributed by atoms with Crippen molar-refractivity contribution in [1.29, 1.82) is 0 Å². The van der Waals surface area contributed by atoms with Crippen molar-refractivity contribution in [2.75, 3.05) is 43.5 Å². The molecule has 2 aromatic heterocycles. The third kappa shape index (κ3) is 4.15. The van der Waals surface area contributed by atoms with E-state index in [1.807, 2.05) is 35.4 Å². The van der Waals surface area contributed by atoms with E-state index in [1.165, 1.54) is 0 Å². The fraction of sp³-hybridized carbons (Fsp3) is 0.348. The zero-order chi connectivity index (χ0) is 21.1. The van der Waals surface area contributed by atoms with Crippen LogP contribution in [0.1, 0.15) is 18.1 Å². The highest BCUT2D eigenvalue weighted by Crippen LogP contribution is 2.25. The van der Waals surface area contributed by atoms with Crippen LogP contribution in [-0.2, 0) is 11.3 Å². The monoisotopic (exact) mass is 405 g/mol. The molecule has 1 aliphatic rings. The Morgan fingerprint density at radius 1 is 1.17 bits per heavy atom. The third-order valence-electron chi connectivity index (χ3n) is 5.58. The minimum Gasteiger partial charge on any atom is -0.497 e. The second-order valence-electron chi connectivity index (χ2n) is 7.54. The quantitative estimate of drug-likeness (QED) is 0.703. The molecule has 7 heteroatoms. The van der Waals surface area contributed by atoms with Gasteiger partial charge in [-0.05, 0) is 36.8 Å². The van der Waals surface area contributed by atoms with Crippen LogP contribution in [0, 0.1) is 6.92 Å². The molecule has 0 spiro atoms. The maximum Gasteiger partial charge on any atom is 0.219 e. The zero-order valence-electron chi connectivity index (χ0n) is 17.7. The van der Waals surface area contributed by atoms with Crippen LogP contribution in [0.4, 0.5) is 11.6 Å². The van der Waals surface area contributed by atoms with Gasteiger partial charge in [-0.15, -0.1) is 0 Å². The van der Waals surface area contributed by atoms with Crippen molar-refractivity contribution in [3.8, 4) is 5.75 Å². The number of nitrogens with zero attached hydrogens (tertiary/aromatic N) is 4. The summed E-state index contributed by atoms with van der Waals surface area (Å²) < 4.78 is 5.34. The molecular weight excluding hydrogens is 378 g/mol. The lowest BCUT2D eigenvalue weighted by Gasteiger charge is -2.35.